The molecule has 16 heavy (non-hydrogen) atoms. The molecule has 0 radical (unpaired) electrons. The molecule has 1 aromatic rings. The first kappa shape index (κ1) is 13.3. The van der Waals surface area contributed by atoms with Gasteiger partial charge in [-0.25, -0.2) is 4.68 Å². The van der Waals surface area contributed by atoms with Gasteiger partial charge in [0.05, 0.1) is 12.6 Å². The van der Waals surface area contributed by atoms with Crippen LogP contribution in [0.5, 0.6) is 5.88 Å². The van der Waals surface area contributed by atoms with Crippen LogP contribution in [0.3, 0.4) is 0 Å². The maximum atomic E-state index is 11.1. The lowest BCUT2D eigenvalue weighted by Crippen LogP contribution is -2.24. The van der Waals surface area contributed by atoms with Crippen LogP contribution in [0.4, 0.5) is 5.69 Å². The van der Waals surface area contributed by atoms with E-state index in [0.29, 0.717) is 11.6 Å². The van der Waals surface area contributed by atoms with Crippen LogP contribution in [-0.4, -0.2) is 22.8 Å². The predicted octanol–water partition coefficient (Wildman–Crippen LogP) is 2.21. The third-order valence-corrected chi connectivity index (χ3v) is 2.92. The van der Waals surface area contributed by atoms with Gasteiger partial charge in [0.2, 0.25) is 5.91 Å². The molecule has 0 fully saturated rings. The maximum absolute atomic E-state index is 11.1. The number of aromatic nitrogens is 2. The molecule has 0 aliphatic carbocycles. The summed E-state index contributed by atoms with van der Waals surface area (Å²) in [4.78, 5) is 11.1. The Morgan fingerprint density at radius 2 is 2.06 bits per heavy atom. The minimum absolute atomic E-state index is 0.135. The summed E-state index contributed by atoms with van der Waals surface area (Å²) >= 11 is 2.15. The lowest BCUT2D eigenvalue weighted by atomic mass is 10.1. The lowest BCUT2D eigenvalue weighted by Gasteiger charge is -2.20. The number of carbonyl (C=O) groups excluding carboxylic acids is 1. The summed E-state index contributed by atoms with van der Waals surface area (Å²) in [5, 5.41) is 7.06. The van der Waals surface area contributed by atoms with Crippen LogP contribution < -0.4 is 10.1 Å². The van der Waals surface area contributed by atoms with Gasteiger partial charge in [0.1, 0.15) is 9.39 Å². The third kappa shape index (κ3) is 2.66. The van der Waals surface area contributed by atoms with E-state index >= 15 is 0 Å². The fourth-order valence-electron chi connectivity index (χ4n) is 1.25. The number of hydrogen-bond donors (Lipinski definition) is 1. The normalized spacial score (nSPS) is 11.4. The largest absolute Gasteiger partial charge is 0.478 e. The molecule has 6 heteroatoms. The van der Waals surface area contributed by atoms with Gasteiger partial charge < -0.3 is 10.1 Å². The van der Waals surface area contributed by atoms with Gasteiger partial charge >= 0.3 is 0 Å². The average Bonchev–Trinajstić information content (AvgIpc) is 2.42. The van der Waals surface area contributed by atoms with Crippen molar-refractivity contribution in [2.24, 2.45) is 0 Å². The van der Waals surface area contributed by atoms with Crippen molar-refractivity contribution in [2.45, 2.75) is 33.2 Å². The number of nitrogens with one attached hydrogen (secondary N) is 1. The summed E-state index contributed by atoms with van der Waals surface area (Å²) in [6.07, 6.45) is 0. The minimum atomic E-state index is -0.152. The fourth-order valence-corrected chi connectivity index (χ4v) is 2.44. The van der Waals surface area contributed by atoms with Crippen molar-refractivity contribution in [3.63, 3.8) is 0 Å². The first-order valence-electron chi connectivity index (χ1n) is 4.88. The highest BCUT2D eigenvalue weighted by Crippen LogP contribution is 2.32. The van der Waals surface area contributed by atoms with Crippen LogP contribution in [0.2, 0.25) is 0 Å². The molecular weight excluding hydrogens is 321 g/mol. The number of ether oxygens (including phenoxy) is 1. The second-order valence-electron chi connectivity index (χ2n) is 4.44. The molecule has 0 aliphatic rings. The molecule has 90 valence electrons. The summed E-state index contributed by atoms with van der Waals surface area (Å²) < 4.78 is 7.84. The number of carbonyl (C=O) groups is 1. The number of methoxy groups -OCH3 is 1. The van der Waals surface area contributed by atoms with Crippen LogP contribution in [0.15, 0.2) is 0 Å². The summed E-state index contributed by atoms with van der Waals surface area (Å²) in [7, 11) is 1.54. The zero-order chi connectivity index (χ0) is 12.5. The highest BCUT2D eigenvalue weighted by Gasteiger charge is 2.24. The summed E-state index contributed by atoms with van der Waals surface area (Å²) in [5.74, 6) is 0.305. The summed E-state index contributed by atoms with van der Waals surface area (Å²) in [6, 6.07) is 0. The second-order valence-corrected chi connectivity index (χ2v) is 5.46. The highest BCUT2D eigenvalue weighted by molar-refractivity contribution is 14.1. The molecule has 0 aromatic carbocycles. The van der Waals surface area contributed by atoms with Gasteiger partial charge in [-0.05, 0) is 43.4 Å². The Morgan fingerprint density at radius 1 is 1.50 bits per heavy atom. The molecule has 0 aliphatic heterocycles. The van der Waals surface area contributed by atoms with Gasteiger partial charge in [-0.3, -0.25) is 4.79 Å². The van der Waals surface area contributed by atoms with Crippen molar-refractivity contribution in [1.82, 2.24) is 9.78 Å². The van der Waals surface area contributed by atoms with E-state index in [1.165, 1.54) is 14.0 Å². The number of nitrogens with zero attached hydrogens (tertiary/aromatic N) is 2. The van der Waals surface area contributed by atoms with E-state index in [0.717, 1.165) is 3.70 Å². The van der Waals surface area contributed by atoms with Gasteiger partial charge in [-0.1, -0.05) is 0 Å². The Hall–Kier alpha value is -0.790. The van der Waals surface area contributed by atoms with Crippen LogP contribution in [-0.2, 0) is 10.3 Å². The molecule has 0 saturated heterocycles. The quantitative estimate of drug-likeness (QED) is 0.842. The van der Waals surface area contributed by atoms with Crippen LogP contribution in [0, 0.1) is 3.70 Å². The zero-order valence-electron chi connectivity index (χ0n) is 10.1. The topological polar surface area (TPSA) is 56.1 Å². The molecule has 5 nitrogen and oxygen atoms in total. The summed E-state index contributed by atoms with van der Waals surface area (Å²) in [6.45, 7) is 7.58. The molecule has 1 aromatic heterocycles. The molecular formula is C10H16IN3O2. The number of hydrogen-bond acceptors (Lipinski definition) is 3. The number of rotatable bonds is 2. The Balaban J connectivity index is 3.26. The van der Waals surface area contributed by atoms with E-state index in [2.05, 4.69) is 33.0 Å². The highest BCUT2D eigenvalue weighted by atomic mass is 127. The van der Waals surface area contributed by atoms with E-state index in [1.807, 2.05) is 25.5 Å². The van der Waals surface area contributed by atoms with Crippen molar-refractivity contribution in [2.75, 3.05) is 12.4 Å². The molecule has 1 N–H and O–H groups in total. The Kier molecular flexibility index (Phi) is 3.82. The predicted molar refractivity (Wildman–Crippen MR) is 70.8 cm³/mol. The van der Waals surface area contributed by atoms with Crippen LogP contribution >= 0.6 is 22.6 Å². The van der Waals surface area contributed by atoms with Gasteiger partial charge in [-0.15, -0.1) is 5.10 Å². The first-order valence-corrected chi connectivity index (χ1v) is 5.96. The van der Waals surface area contributed by atoms with E-state index < -0.39 is 0 Å². The minimum Gasteiger partial charge on any atom is -0.478 e. The second kappa shape index (κ2) is 4.60. The zero-order valence-corrected chi connectivity index (χ0v) is 12.2. The Labute approximate surface area is 109 Å². The van der Waals surface area contributed by atoms with Crippen molar-refractivity contribution in [1.29, 1.82) is 0 Å². The van der Waals surface area contributed by atoms with Gasteiger partial charge in [0.25, 0.3) is 5.88 Å². The Morgan fingerprint density at radius 3 is 2.44 bits per heavy atom. The standard InChI is InChI=1S/C10H16IN3O2/c1-6(15)12-7-8(11)14(10(2,3)4)13-9(7)16-5/h1-5H3,(H,12,15). The van der Waals surface area contributed by atoms with Crippen molar-refractivity contribution < 1.29 is 9.53 Å². The molecule has 1 heterocycles. The molecule has 0 bridgehead atoms. The van der Waals surface area contributed by atoms with Crippen LogP contribution in [0.25, 0.3) is 0 Å². The van der Waals surface area contributed by atoms with E-state index in [9.17, 15) is 4.79 Å². The molecule has 0 spiro atoms. The third-order valence-electron chi connectivity index (χ3n) is 1.93. The molecule has 0 atom stereocenters. The van der Waals surface area contributed by atoms with E-state index in [1.54, 1.807) is 0 Å². The SMILES string of the molecule is COc1nn(C(C)(C)C)c(I)c1NC(C)=O. The van der Waals surface area contributed by atoms with E-state index in [-0.39, 0.29) is 11.4 Å². The van der Waals surface area contributed by atoms with Gasteiger partial charge in [0, 0.05) is 6.92 Å². The molecule has 1 amide bonds. The number of halogens is 1. The summed E-state index contributed by atoms with van der Waals surface area (Å²) in [5.41, 5.74) is 0.478. The van der Waals surface area contributed by atoms with Gasteiger partial charge in [0.15, 0.2) is 0 Å². The maximum Gasteiger partial charge on any atom is 0.257 e. The first-order chi connectivity index (χ1) is 7.27. The van der Waals surface area contributed by atoms with Gasteiger partial charge in [-0.2, -0.15) is 0 Å². The number of anilines is 1. The molecule has 0 saturated carbocycles. The smallest absolute Gasteiger partial charge is 0.257 e. The van der Waals surface area contributed by atoms with E-state index in [4.69, 9.17) is 4.74 Å². The van der Waals surface area contributed by atoms with Crippen molar-refractivity contribution in [3.05, 3.63) is 3.70 Å². The molecule has 1 rings (SSSR count). The Bertz CT molecular complexity index is 407. The van der Waals surface area contributed by atoms with Crippen molar-refractivity contribution >= 4 is 34.2 Å². The average molecular weight is 337 g/mol. The fraction of sp³-hybridized carbons (Fsp3) is 0.600. The van der Waals surface area contributed by atoms with Crippen LogP contribution in [0.1, 0.15) is 27.7 Å². The lowest BCUT2D eigenvalue weighted by molar-refractivity contribution is -0.114. The number of amides is 1. The van der Waals surface area contributed by atoms with Crippen molar-refractivity contribution in [3.8, 4) is 5.88 Å². The monoisotopic (exact) mass is 337 g/mol. The molecule has 0 unspecified atom stereocenters.